The Morgan fingerprint density at radius 3 is 2.72 bits per heavy atom. The number of hydrogen-bond acceptors (Lipinski definition) is 5. The molecule has 130 valence electrons. The zero-order valence-corrected chi connectivity index (χ0v) is 14.7. The molecule has 2 heterocycles. The number of nitrogens with one attached hydrogen (secondary N) is 2. The van der Waals surface area contributed by atoms with Crippen LogP contribution in [0.4, 0.5) is 0 Å². The van der Waals surface area contributed by atoms with Crippen molar-refractivity contribution in [1.82, 2.24) is 25.1 Å². The van der Waals surface area contributed by atoms with E-state index in [-0.39, 0.29) is 5.69 Å². The average molecular weight is 382 g/mol. The van der Waals surface area contributed by atoms with Crippen LogP contribution in [0, 0.1) is 0 Å². The normalized spacial score (nSPS) is 12.2. The molecular formula is C15H13Cl2N5O3. The number of benzene rings is 1. The molecule has 0 radical (unpaired) electrons. The van der Waals surface area contributed by atoms with Crippen LogP contribution in [0.5, 0.6) is 0 Å². The fourth-order valence-corrected chi connectivity index (χ4v) is 2.52. The van der Waals surface area contributed by atoms with Crippen molar-refractivity contribution in [3.8, 4) is 11.4 Å². The van der Waals surface area contributed by atoms with E-state index < -0.39 is 17.9 Å². The summed E-state index contributed by atoms with van der Waals surface area (Å²) < 4.78 is 6.04. The monoisotopic (exact) mass is 381 g/mol. The summed E-state index contributed by atoms with van der Waals surface area (Å²) in [6, 6.07) is 5.78. The first-order valence-corrected chi connectivity index (χ1v) is 7.94. The van der Waals surface area contributed by atoms with E-state index in [1.807, 2.05) is 0 Å². The van der Waals surface area contributed by atoms with E-state index >= 15 is 0 Å². The number of hydrogen-bond donors (Lipinski definition) is 2. The molecule has 25 heavy (non-hydrogen) atoms. The Labute approximate surface area is 152 Å². The SMILES string of the molecule is COC(=O)C(C)NC(=O)c1cc2[nH]nc(-c3ccc(Cl)c(Cl)c3)n2n1. The number of aromatic amines is 1. The van der Waals surface area contributed by atoms with Gasteiger partial charge in [-0.1, -0.05) is 23.2 Å². The smallest absolute Gasteiger partial charge is 0.328 e. The van der Waals surface area contributed by atoms with Gasteiger partial charge in [-0.05, 0) is 25.1 Å². The van der Waals surface area contributed by atoms with E-state index in [1.54, 1.807) is 18.2 Å². The fourth-order valence-electron chi connectivity index (χ4n) is 2.22. The van der Waals surface area contributed by atoms with Crippen molar-refractivity contribution in [2.24, 2.45) is 0 Å². The molecule has 0 saturated heterocycles. The first-order valence-electron chi connectivity index (χ1n) is 7.19. The van der Waals surface area contributed by atoms with Gasteiger partial charge in [-0.15, -0.1) is 0 Å². The number of nitrogens with zero attached hydrogens (tertiary/aromatic N) is 3. The molecule has 2 N–H and O–H groups in total. The second-order valence-electron chi connectivity index (χ2n) is 5.22. The van der Waals surface area contributed by atoms with E-state index in [0.29, 0.717) is 27.1 Å². The van der Waals surface area contributed by atoms with Crippen LogP contribution in [0.1, 0.15) is 17.4 Å². The number of carbonyl (C=O) groups is 2. The van der Waals surface area contributed by atoms with E-state index in [0.717, 1.165) is 0 Å². The molecule has 8 nitrogen and oxygen atoms in total. The quantitative estimate of drug-likeness (QED) is 0.675. The summed E-state index contributed by atoms with van der Waals surface area (Å²) in [5.41, 5.74) is 1.32. The molecule has 0 fully saturated rings. The van der Waals surface area contributed by atoms with Crippen LogP contribution in [-0.4, -0.2) is 44.8 Å². The van der Waals surface area contributed by atoms with Crippen molar-refractivity contribution in [3.05, 3.63) is 40.0 Å². The van der Waals surface area contributed by atoms with E-state index in [1.165, 1.54) is 24.6 Å². The maximum absolute atomic E-state index is 12.2. The van der Waals surface area contributed by atoms with Crippen molar-refractivity contribution in [3.63, 3.8) is 0 Å². The van der Waals surface area contributed by atoms with Gasteiger partial charge in [0.1, 0.15) is 6.04 Å². The predicted molar refractivity (Wildman–Crippen MR) is 91.7 cm³/mol. The summed E-state index contributed by atoms with van der Waals surface area (Å²) in [7, 11) is 1.25. The maximum Gasteiger partial charge on any atom is 0.328 e. The number of ether oxygens (including phenoxy) is 1. The minimum atomic E-state index is -0.787. The topological polar surface area (TPSA) is 101 Å². The van der Waals surface area contributed by atoms with Crippen molar-refractivity contribution < 1.29 is 14.3 Å². The summed E-state index contributed by atoms with van der Waals surface area (Å²) in [6.07, 6.45) is 0. The van der Waals surface area contributed by atoms with Gasteiger partial charge in [0.05, 0.1) is 17.2 Å². The van der Waals surface area contributed by atoms with Crippen molar-refractivity contribution >= 4 is 40.7 Å². The number of rotatable bonds is 4. The molecule has 1 aromatic carbocycles. The summed E-state index contributed by atoms with van der Waals surface area (Å²) in [5.74, 6) is -0.583. The third-order valence-electron chi connectivity index (χ3n) is 3.50. The van der Waals surface area contributed by atoms with E-state index in [9.17, 15) is 9.59 Å². The van der Waals surface area contributed by atoms with Gasteiger partial charge in [-0.2, -0.15) is 14.7 Å². The molecule has 0 saturated carbocycles. The van der Waals surface area contributed by atoms with Crippen molar-refractivity contribution in [1.29, 1.82) is 0 Å². The number of aromatic nitrogens is 4. The first-order chi connectivity index (χ1) is 11.9. The summed E-state index contributed by atoms with van der Waals surface area (Å²) in [5, 5.41) is 14.5. The number of methoxy groups -OCH3 is 1. The molecular weight excluding hydrogens is 369 g/mol. The maximum atomic E-state index is 12.2. The minimum Gasteiger partial charge on any atom is -0.467 e. The van der Waals surface area contributed by atoms with Gasteiger partial charge in [-0.3, -0.25) is 9.89 Å². The molecule has 0 spiro atoms. The lowest BCUT2D eigenvalue weighted by Gasteiger charge is -2.09. The number of fused-ring (bicyclic) bond motifs is 1. The standard InChI is InChI=1S/C15H13Cl2N5O3/c1-7(15(24)25-2)18-14(23)11-6-12-19-20-13(22(12)21-11)8-3-4-9(16)10(17)5-8/h3-7,19H,1-2H3,(H,18,23). The number of H-pyrrole nitrogens is 1. The minimum absolute atomic E-state index is 0.130. The second-order valence-corrected chi connectivity index (χ2v) is 6.04. The highest BCUT2D eigenvalue weighted by Gasteiger charge is 2.20. The third-order valence-corrected chi connectivity index (χ3v) is 4.24. The van der Waals surface area contributed by atoms with Crippen LogP contribution in [0.3, 0.4) is 0 Å². The van der Waals surface area contributed by atoms with Crippen molar-refractivity contribution in [2.75, 3.05) is 7.11 Å². The van der Waals surface area contributed by atoms with Crippen LogP contribution >= 0.6 is 23.2 Å². The van der Waals surface area contributed by atoms with Crippen LogP contribution in [0.15, 0.2) is 24.3 Å². The second kappa shape index (κ2) is 6.73. The molecule has 0 aliphatic heterocycles. The largest absolute Gasteiger partial charge is 0.467 e. The summed E-state index contributed by atoms with van der Waals surface area (Å²) in [4.78, 5) is 23.6. The van der Waals surface area contributed by atoms with Crippen molar-refractivity contribution in [2.45, 2.75) is 13.0 Å². The highest BCUT2D eigenvalue weighted by atomic mass is 35.5. The van der Waals surface area contributed by atoms with Gasteiger partial charge in [0, 0.05) is 11.6 Å². The van der Waals surface area contributed by atoms with Crippen LogP contribution in [-0.2, 0) is 9.53 Å². The molecule has 3 rings (SSSR count). The van der Waals surface area contributed by atoms with Gasteiger partial charge in [0.2, 0.25) is 0 Å². The molecule has 10 heteroatoms. The molecule has 1 unspecified atom stereocenters. The molecule has 1 amide bonds. The Morgan fingerprint density at radius 1 is 1.28 bits per heavy atom. The predicted octanol–water partition coefficient (Wildman–Crippen LogP) is 2.32. The highest BCUT2D eigenvalue weighted by Crippen LogP contribution is 2.27. The van der Waals surface area contributed by atoms with E-state index in [2.05, 4.69) is 25.3 Å². The highest BCUT2D eigenvalue weighted by molar-refractivity contribution is 6.42. The van der Waals surface area contributed by atoms with Gasteiger partial charge < -0.3 is 10.1 Å². The lowest BCUT2D eigenvalue weighted by atomic mass is 10.2. The number of esters is 1. The fraction of sp³-hybridized carbons (Fsp3) is 0.200. The molecule has 0 aliphatic rings. The number of amides is 1. The van der Waals surface area contributed by atoms with Crippen LogP contribution in [0.25, 0.3) is 17.0 Å². The zero-order chi connectivity index (χ0) is 18.1. The summed E-state index contributed by atoms with van der Waals surface area (Å²) in [6.45, 7) is 1.52. The molecule has 3 aromatic rings. The lowest BCUT2D eigenvalue weighted by molar-refractivity contribution is -0.142. The Morgan fingerprint density at radius 2 is 2.04 bits per heavy atom. The molecule has 1 atom stereocenters. The van der Waals surface area contributed by atoms with Gasteiger partial charge in [0.15, 0.2) is 17.2 Å². The Balaban J connectivity index is 1.91. The van der Waals surface area contributed by atoms with Gasteiger partial charge in [-0.25, -0.2) is 4.79 Å². The lowest BCUT2D eigenvalue weighted by Crippen LogP contribution is -2.39. The Hall–Kier alpha value is -2.58. The first kappa shape index (κ1) is 17.2. The number of carbonyl (C=O) groups excluding carboxylic acids is 2. The average Bonchev–Trinajstić information content (AvgIpc) is 3.17. The number of halogens is 2. The summed E-state index contributed by atoms with van der Waals surface area (Å²) >= 11 is 11.9. The van der Waals surface area contributed by atoms with Crippen LogP contribution < -0.4 is 5.32 Å². The molecule has 0 aliphatic carbocycles. The Bertz CT molecular complexity index is 965. The van der Waals surface area contributed by atoms with Gasteiger partial charge in [0.25, 0.3) is 5.91 Å². The van der Waals surface area contributed by atoms with E-state index in [4.69, 9.17) is 23.2 Å². The molecule has 0 bridgehead atoms. The molecule has 2 aromatic heterocycles. The zero-order valence-electron chi connectivity index (χ0n) is 13.2. The van der Waals surface area contributed by atoms with Gasteiger partial charge >= 0.3 is 5.97 Å². The Kier molecular flexibility index (Phi) is 4.65. The van der Waals surface area contributed by atoms with Crippen LogP contribution in [0.2, 0.25) is 10.0 Å². The third kappa shape index (κ3) is 3.31.